The normalized spacial score (nSPS) is 20.3. The number of hydrogen-bond donors (Lipinski definition) is 1. The first-order chi connectivity index (χ1) is 8.36. The molecule has 4 nitrogen and oxygen atoms in total. The SMILES string of the molecule is CCOC(CCOCCC1CCNC1)OCC. The van der Waals surface area contributed by atoms with Gasteiger partial charge in [-0.1, -0.05) is 0 Å². The van der Waals surface area contributed by atoms with E-state index >= 15 is 0 Å². The second kappa shape index (κ2) is 9.83. The van der Waals surface area contributed by atoms with Crippen LogP contribution in [0.2, 0.25) is 0 Å². The summed E-state index contributed by atoms with van der Waals surface area (Å²) in [5, 5.41) is 3.37. The maximum absolute atomic E-state index is 5.63. The van der Waals surface area contributed by atoms with E-state index in [1.807, 2.05) is 13.8 Å². The molecule has 1 aliphatic rings. The second-order valence-corrected chi connectivity index (χ2v) is 4.39. The first-order valence-electron chi connectivity index (χ1n) is 6.88. The highest BCUT2D eigenvalue weighted by Crippen LogP contribution is 2.12. The number of hydrogen-bond acceptors (Lipinski definition) is 4. The van der Waals surface area contributed by atoms with Gasteiger partial charge in [-0.25, -0.2) is 0 Å². The Kier molecular flexibility index (Phi) is 8.61. The van der Waals surface area contributed by atoms with E-state index in [-0.39, 0.29) is 6.29 Å². The summed E-state index contributed by atoms with van der Waals surface area (Å²) in [4.78, 5) is 0. The van der Waals surface area contributed by atoms with E-state index in [2.05, 4.69) is 5.32 Å². The zero-order valence-electron chi connectivity index (χ0n) is 11.2. The minimum atomic E-state index is -0.0989. The zero-order valence-corrected chi connectivity index (χ0v) is 11.2. The zero-order chi connectivity index (χ0) is 12.3. The quantitative estimate of drug-likeness (QED) is 0.470. The van der Waals surface area contributed by atoms with E-state index in [1.165, 1.54) is 19.4 Å². The van der Waals surface area contributed by atoms with Gasteiger partial charge in [-0.15, -0.1) is 0 Å². The van der Waals surface area contributed by atoms with Crippen LogP contribution in [0.5, 0.6) is 0 Å². The van der Waals surface area contributed by atoms with Gasteiger partial charge in [0.25, 0.3) is 0 Å². The van der Waals surface area contributed by atoms with E-state index in [0.717, 1.165) is 32.1 Å². The van der Waals surface area contributed by atoms with Crippen molar-refractivity contribution in [3.05, 3.63) is 0 Å². The fourth-order valence-electron chi connectivity index (χ4n) is 2.08. The lowest BCUT2D eigenvalue weighted by Gasteiger charge is -2.17. The molecule has 1 atom stereocenters. The van der Waals surface area contributed by atoms with Crippen molar-refractivity contribution in [1.82, 2.24) is 5.32 Å². The van der Waals surface area contributed by atoms with Crippen molar-refractivity contribution in [3.8, 4) is 0 Å². The first kappa shape index (κ1) is 14.9. The molecule has 0 aromatic heterocycles. The summed E-state index contributed by atoms with van der Waals surface area (Å²) in [7, 11) is 0. The highest BCUT2D eigenvalue weighted by atomic mass is 16.7. The van der Waals surface area contributed by atoms with Gasteiger partial charge in [-0.2, -0.15) is 0 Å². The lowest BCUT2D eigenvalue weighted by molar-refractivity contribution is -0.146. The van der Waals surface area contributed by atoms with Gasteiger partial charge in [0.2, 0.25) is 0 Å². The molecule has 1 saturated heterocycles. The molecular formula is C13H27NO3. The monoisotopic (exact) mass is 245 g/mol. The molecule has 17 heavy (non-hydrogen) atoms. The van der Waals surface area contributed by atoms with E-state index in [1.54, 1.807) is 0 Å². The number of ether oxygens (including phenoxy) is 3. The van der Waals surface area contributed by atoms with Crippen molar-refractivity contribution in [2.24, 2.45) is 5.92 Å². The van der Waals surface area contributed by atoms with Gasteiger partial charge in [0.05, 0.1) is 6.61 Å². The molecule has 1 rings (SSSR count). The molecule has 0 spiro atoms. The summed E-state index contributed by atoms with van der Waals surface area (Å²) in [6.45, 7) is 9.27. The summed E-state index contributed by atoms with van der Waals surface area (Å²) in [6, 6.07) is 0. The average molecular weight is 245 g/mol. The van der Waals surface area contributed by atoms with Crippen LogP contribution < -0.4 is 5.32 Å². The van der Waals surface area contributed by atoms with Gasteiger partial charge in [-0.05, 0) is 45.7 Å². The maximum atomic E-state index is 5.63. The van der Waals surface area contributed by atoms with Gasteiger partial charge in [0, 0.05) is 26.2 Å². The van der Waals surface area contributed by atoms with Crippen LogP contribution in [-0.2, 0) is 14.2 Å². The molecule has 4 heteroatoms. The standard InChI is InChI=1S/C13H27NO3/c1-3-16-13(17-4-2)7-10-15-9-6-12-5-8-14-11-12/h12-14H,3-11H2,1-2H3. The van der Waals surface area contributed by atoms with E-state index < -0.39 is 0 Å². The summed E-state index contributed by atoms with van der Waals surface area (Å²) in [6.07, 6.45) is 3.19. The molecule has 0 aromatic rings. The Morgan fingerprint density at radius 1 is 1.18 bits per heavy atom. The van der Waals surface area contributed by atoms with Crippen molar-refractivity contribution in [2.45, 2.75) is 39.4 Å². The summed E-state index contributed by atoms with van der Waals surface area (Å²) in [5.74, 6) is 0.810. The molecule has 1 unspecified atom stereocenters. The second-order valence-electron chi connectivity index (χ2n) is 4.39. The molecule has 0 radical (unpaired) electrons. The smallest absolute Gasteiger partial charge is 0.159 e. The molecule has 1 N–H and O–H groups in total. The van der Waals surface area contributed by atoms with Crippen LogP contribution in [0.1, 0.15) is 33.1 Å². The fourth-order valence-corrected chi connectivity index (χ4v) is 2.08. The van der Waals surface area contributed by atoms with Crippen LogP contribution in [0.25, 0.3) is 0 Å². The number of rotatable bonds is 10. The third-order valence-corrected chi connectivity index (χ3v) is 3.04. The third kappa shape index (κ3) is 6.99. The molecular weight excluding hydrogens is 218 g/mol. The summed E-state index contributed by atoms with van der Waals surface area (Å²) in [5.41, 5.74) is 0. The highest BCUT2D eigenvalue weighted by Gasteiger charge is 2.14. The predicted molar refractivity (Wildman–Crippen MR) is 68.1 cm³/mol. The Balaban J connectivity index is 1.93. The van der Waals surface area contributed by atoms with Gasteiger partial charge in [0.15, 0.2) is 6.29 Å². The highest BCUT2D eigenvalue weighted by molar-refractivity contribution is 4.70. The molecule has 0 bridgehead atoms. The van der Waals surface area contributed by atoms with Gasteiger partial charge in [0.1, 0.15) is 0 Å². The Bertz CT molecular complexity index is 166. The van der Waals surface area contributed by atoms with Crippen LogP contribution in [-0.4, -0.2) is 45.8 Å². The minimum Gasteiger partial charge on any atom is -0.381 e. The lowest BCUT2D eigenvalue weighted by atomic mass is 10.1. The van der Waals surface area contributed by atoms with Crippen LogP contribution in [0.3, 0.4) is 0 Å². The lowest BCUT2D eigenvalue weighted by Crippen LogP contribution is -2.20. The van der Waals surface area contributed by atoms with Gasteiger partial charge >= 0.3 is 0 Å². The van der Waals surface area contributed by atoms with Gasteiger partial charge in [-0.3, -0.25) is 0 Å². The Morgan fingerprint density at radius 3 is 2.53 bits per heavy atom. The van der Waals surface area contributed by atoms with Gasteiger partial charge < -0.3 is 19.5 Å². The Hall–Kier alpha value is -0.160. The maximum Gasteiger partial charge on any atom is 0.159 e. The molecule has 1 heterocycles. The molecule has 0 amide bonds. The van der Waals surface area contributed by atoms with Crippen molar-refractivity contribution >= 4 is 0 Å². The molecule has 102 valence electrons. The predicted octanol–water partition coefficient (Wildman–Crippen LogP) is 1.79. The van der Waals surface area contributed by atoms with Crippen molar-refractivity contribution in [3.63, 3.8) is 0 Å². The Labute approximate surface area is 105 Å². The first-order valence-corrected chi connectivity index (χ1v) is 6.88. The van der Waals surface area contributed by atoms with E-state index in [4.69, 9.17) is 14.2 Å². The molecule has 1 fully saturated rings. The molecule has 0 aromatic carbocycles. The van der Waals surface area contributed by atoms with Crippen molar-refractivity contribution in [2.75, 3.05) is 39.5 Å². The van der Waals surface area contributed by atoms with Crippen LogP contribution in [0.15, 0.2) is 0 Å². The summed E-state index contributed by atoms with van der Waals surface area (Å²) >= 11 is 0. The Morgan fingerprint density at radius 2 is 1.94 bits per heavy atom. The fraction of sp³-hybridized carbons (Fsp3) is 1.00. The average Bonchev–Trinajstić information content (AvgIpc) is 2.82. The van der Waals surface area contributed by atoms with Crippen LogP contribution in [0.4, 0.5) is 0 Å². The topological polar surface area (TPSA) is 39.7 Å². The van der Waals surface area contributed by atoms with Crippen molar-refractivity contribution < 1.29 is 14.2 Å². The summed E-state index contributed by atoms with van der Waals surface area (Å²) < 4.78 is 16.5. The van der Waals surface area contributed by atoms with Crippen molar-refractivity contribution in [1.29, 1.82) is 0 Å². The molecule has 0 saturated carbocycles. The molecule has 0 aliphatic carbocycles. The minimum absolute atomic E-state index is 0.0989. The van der Waals surface area contributed by atoms with Crippen LogP contribution >= 0.6 is 0 Å². The number of nitrogens with one attached hydrogen (secondary N) is 1. The van der Waals surface area contributed by atoms with Crippen LogP contribution in [0, 0.1) is 5.92 Å². The van der Waals surface area contributed by atoms with E-state index in [0.29, 0.717) is 13.2 Å². The largest absolute Gasteiger partial charge is 0.381 e. The van der Waals surface area contributed by atoms with E-state index in [9.17, 15) is 0 Å². The third-order valence-electron chi connectivity index (χ3n) is 3.04. The molecule has 1 aliphatic heterocycles.